The summed E-state index contributed by atoms with van der Waals surface area (Å²) in [4.78, 5) is 16.6. The van der Waals surface area contributed by atoms with Crippen molar-refractivity contribution in [2.24, 2.45) is 7.05 Å². The van der Waals surface area contributed by atoms with E-state index in [-0.39, 0.29) is 5.69 Å². The minimum Gasteiger partial charge on any atom is -0.333 e. The van der Waals surface area contributed by atoms with Crippen LogP contribution in [0.25, 0.3) is 11.0 Å². The number of para-hydroxylation sites is 2. The minimum atomic E-state index is 0.00967. The topological polar surface area (TPSA) is 44.8 Å². The van der Waals surface area contributed by atoms with E-state index in [4.69, 9.17) is 0 Å². The number of aromatic nitrogens is 4. The normalized spacial score (nSPS) is 11.3. The van der Waals surface area contributed by atoms with Gasteiger partial charge in [-0.05, 0) is 18.6 Å². The number of imidazole rings is 2. The van der Waals surface area contributed by atoms with Crippen LogP contribution in [0.2, 0.25) is 0 Å². The van der Waals surface area contributed by atoms with Gasteiger partial charge in [0.1, 0.15) is 0 Å². The summed E-state index contributed by atoms with van der Waals surface area (Å²) >= 11 is 0. The van der Waals surface area contributed by atoms with Crippen molar-refractivity contribution < 1.29 is 0 Å². The first kappa shape index (κ1) is 12.7. The molecule has 5 nitrogen and oxygen atoms in total. The van der Waals surface area contributed by atoms with Crippen LogP contribution < -0.4 is 5.69 Å². The average molecular weight is 270 g/mol. The summed E-state index contributed by atoms with van der Waals surface area (Å²) in [5, 5.41) is 0. The van der Waals surface area contributed by atoms with E-state index in [0.29, 0.717) is 6.54 Å². The van der Waals surface area contributed by atoms with Crippen LogP contribution in [0.5, 0.6) is 0 Å². The smallest absolute Gasteiger partial charge is 0.329 e. The van der Waals surface area contributed by atoms with Crippen molar-refractivity contribution in [1.82, 2.24) is 18.7 Å². The Bertz CT molecular complexity index is 794. The van der Waals surface area contributed by atoms with Crippen LogP contribution in [-0.4, -0.2) is 18.7 Å². The van der Waals surface area contributed by atoms with E-state index in [0.717, 1.165) is 29.7 Å². The lowest BCUT2D eigenvalue weighted by Gasteiger charge is -2.07. The molecule has 0 radical (unpaired) electrons. The highest BCUT2D eigenvalue weighted by atomic mass is 16.1. The van der Waals surface area contributed by atoms with E-state index in [2.05, 4.69) is 16.5 Å². The molecule has 0 fully saturated rings. The SMILES string of the molecule is CCCn1cncc1Cn1c(=O)n(C)c2ccccc21. The van der Waals surface area contributed by atoms with E-state index in [1.807, 2.05) is 43.8 Å². The lowest BCUT2D eigenvalue weighted by Crippen LogP contribution is -2.23. The number of aryl methyl sites for hydroxylation is 2. The van der Waals surface area contributed by atoms with E-state index in [1.165, 1.54) is 0 Å². The standard InChI is InChI=1S/C15H18N4O/c1-3-8-18-11-16-9-12(18)10-19-14-7-5-4-6-13(14)17(2)15(19)20/h4-7,9,11H,3,8,10H2,1-2H3. The largest absolute Gasteiger partial charge is 0.333 e. The molecule has 20 heavy (non-hydrogen) atoms. The van der Waals surface area contributed by atoms with Gasteiger partial charge in [-0.3, -0.25) is 9.13 Å². The van der Waals surface area contributed by atoms with Crippen LogP contribution in [0.4, 0.5) is 0 Å². The maximum Gasteiger partial charge on any atom is 0.329 e. The summed E-state index contributed by atoms with van der Waals surface area (Å²) in [6.07, 6.45) is 4.71. The summed E-state index contributed by atoms with van der Waals surface area (Å²) in [6.45, 7) is 3.61. The fraction of sp³-hybridized carbons (Fsp3) is 0.333. The van der Waals surface area contributed by atoms with Crippen molar-refractivity contribution in [3.05, 3.63) is 53.0 Å². The Hall–Kier alpha value is -2.30. The van der Waals surface area contributed by atoms with Crippen LogP contribution in [0, 0.1) is 0 Å². The van der Waals surface area contributed by atoms with Gasteiger partial charge in [0.05, 0.1) is 29.6 Å². The van der Waals surface area contributed by atoms with Crippen LogP contribution in [0.1, 0.15) is 19.0 Å². The number of hydrogen-bond donors (Lipinski definition) is 0. The van der Waals surface area contributed by atoms with Gasteiger partial charge in [0.2, 0.25) is 0 Å². The maximum absolute atomic E-state index is 12.4. The molecule has 0 aliphatic rings. The molecule has 0 saturated carbocycles. The van der Waals surface area contributed by atoms with Gasteiger partial charge in [-0.2, -0.15) is 0 Å². The number of fused-ring (bicyclic) bond motifs is 1. The molecule has 0 saturated heterocycles. The first-order chi connectivity index (χ1) is 9.72. The molecule has 3 aromatic rings. The number of rotatable bonds is 4. The second-order valence-corrected chi connectivity index (χ2v) is 4.99. The molecule has 0 atom stereocenters. The van der Waals surface area contributed by atoms with Crippen molar-refractivity contribution in [2.75, 3.05) is 0 Å². The molecule has 2 aromatic heterocycles. The Morgan fingerprint density at radius 1 is 1.20 bits per heavy atom. The van der Waals surface area contributed by atoms with Gasteiger partial charge in [-0.1, -0.05) is 19.1 Å². The van der Waals surface area contributed by atoms with E-state index in [9.17, 15) is 4.79 Å². The van der Waals surface area contributed by atoms with Gasteiger partial charge in [0.25, 0.3) is 0 Å². The van der Waals surface area contributed by atoms with E-state index < -0.39 is 0 Å². The lowest BCUT2D eigenvalue weighted by atomic mass is 10.3. The summed E-state index contributed by atoms with van der Waals surface area (Å²) in [7, 11) is 1.81. The second kappa shape index (κ2) is 5.00. The van der Waals surface area contributed by atoms with Crippen molar-refractivity contribution >= 4 is 11.0 Å². The average Bonchev–Trinajstić information content (AvgIpc) is 2.99. The number of benzene rings is 1. The highest BCUT2D eigenvalue weighted by Gasteiger charge is 2.12. The van der Waals surface area contributed by atoms with Crippen LogP contribution in [0.3, 0.4) is 0 Å². The Morgan fingerprint density at radius 3 is 2.70 bits per heavy atom. The first-order valence-corrected chi connectivity index (χ1v) is 6.85. The van der Waals surface area contributed by atoms with Crippen molar-refractivity contribution in [3.63, 3.8) is 0 Å². The summed E-state index contributed by atoms with van der Waals surface area (Å²) in [6, 6.07) is 7.86. The molecule has 0 aliphatic heterocycles. The van der Waals surface area contributed by atoms with Gasteiger partial charge >= 0.3 is 5.69 Å². The van der Waals surface area contributed by atoms with Crippen molar-refractivity contribution in [3.8, 4) is 0 Å². The third-order valence-electron chi connectivity index (χ3n) is 3.63. The summed E-state index contributed by atoms with van der Waals surface area (Å²) < 4.78 is 5.60. The lowest BCUT2D eigenvalue weighted by molar-refractivity contribution is 0.617. The van der Waals surface area contributed by atoms with Gasteiger partial charge in [-0.15, -0.1) is 0 Å². The molecule has 0 amide bonds. The van der Waals surface area contributed by atoms with Gasteiger partial charge < -0.3 is 4.57 Å². The zero-order valence-corrected chi connectivity index (χ0v) is 11.8. The highest BCUT2D eigenvalue weighted by molar-refractivity contribution is 5.75. The summed E-state index contributed by atoms with van der Waals surface area (Å²) in [5.41, 5.74) is 2.99. The molecule has 0 spiro atoms. The Balaban J connectivity index is 2.09. The van der Waals surface area contributed by atoms with E-state index in [1.54, 1.807) is 9.13 Å². The molecular weight excluding hydrogens is 252 g/mol. The van der Waals surface area contributed by atoms with Crippen molar-refractivity contribution in [1.29, 1.82) is 0 Å². The maximum atomic E-state index is 12.4. The first-order valence-electron chi connectivity index (χ1n) is 6.85. The predicted molar refractivity (Wildman–Crippen MR) is 78.8 cm³/mol. The van der Waals surface area contributed by atoms with Crippen LogP contribution in [-0.2, 0) is 20.1 Å². The van der Waals surface area contributed by atoms with E-state index >= 15 is 0 Å². The highest BCUT2D eigenvalue weighted by Crippen LogP contribution is 2.13. The molecule has 0 bridgehead atoms. The molecule has 3 rings (SSSR count). The monoisotopic (exact) mass is 270 g/mol. The fourth-order valence-corrected chi connectivity index (χ4v) is 2.60. The number of nitrogens with zero attached hydrogens (tertiary/aromatic N) is 4. The predicted octanol–water partition coefficient (Wildman–Crippen LogP) is 1.99. The number of hydrogen-bond acceptors (Lipinski definition) is 2. The fourth-order valence-electron chi connectivity index (χ4n) is 2.60. The zero-order valence-electron chi connectivity index (χ0n) is 11.8. The summed E-state index contributed by atoms with van der Waals surface area (Å²) in [5.74, 6) is 0. The minimum absolute atomic E-state index is 0.00967. The Morgan fingerprint density at radius 2 is 1.95 bits per heavy atom. The van der Waals surface area contributed by atoms with Gasteiger partial charge in [-0.25, -0.2) is 9.78 Å². The zero-order chi connectivity index (χ0) is 14.1. The molecule has 2 heterocycles. The van der Waals surface area contributed by atoms with Crippen molar-refractivity contribution in [2.45, 2.75) is 26.4 Å². The molecule has 104 valence electrons. The molecular formula is C15H18N4O. The second-order valence-electron chi connectivity index (χ2n) is 4.99. The molecule has 0 aliphatic carbocycles. The molecule has 1 aromatic carbocycles. The van der Waals surface area contributed by atoms with Crippen LogP contribution >= 0.6 is 0 Å². The molecule has 0 unspecified atom stereocenters. The molecule has 5 heteroatoms. The Kier molecular flexibility index (Phi) is 3.18. The third-order valence-corrected chi connectivity index (χ3v) is 3.63. The quantitative estimate of drug-likeness (QED) is 0.728. The Labute approximate surface area is 117 Å². The van der Waals surface area contributed by atoms with Gasteiger partial charge in [0.15, 0.2) is 0 Å². The van der Waals surface area contributed by atoms with Gasteiger partial charge in [0, 0.05) is 19.8 Å². The third kappa shape index (κ3) is 1.95. The molecule has 0 N–H and O–H groups in total. The van der Waals surface area contributed by atoms with Crippen LogP contribution in [0.15, 0.2) is 41.6 Å².